The summed E-state index contributed by atoms with van der Waals surface area (Å²) < 4.78 is 5.02. The molecule has 2 amide bonds. The highest BCUT2D eigenvalue weighted by Crippen LogP contribution is 2.24. The second kappa shape index (κ2) is 9.71. The van der Waals surface area contributed by atoms with Gasteiger partial charge in [0, 0.05) is 31.7 Å². The van der Waals surface area contributed by atoms with Crippen LogP contribution in [0.25, 0.3) is 0 Å². The summed E-state index contributed by atoms with van der Waals surface area (Å²) in [4.78, 5) is 37.1. The van der Waals surface area contributed by atoms with Crippen LogP contribution in [0.4, 0.5) is 10.6 Å². The molecular formula is C20H31N5O3. The maximum Gasteiger partial charge on any atom is 0.409 e. The summed E-state index contributed by atoms with van der Waals surface area (Å²) >= 11 is 0. The second-order valence-corrected chi connectivity index (χ2v) is 7.44. The van der Waals surface area contributed by atoms with E-state index in [9.17, 15) is 9.59 Å². The van der Waals surface area contributed by atoms with E-state index in [1.54, 1.807) is 24.2 Å². The highest BCUT2D eigenvalue weighted by atomic mass is 16.6. The highest BCUT2D eigenvalue weighted by molar-refractivity contribution is 5.92. The zero-order chi connectivity index (χ0) is 19.9. The first-order valence-corrected chi connectivity index (χ1v) is 10.4. The molecule has 0 aromatic carbocycles. The molecule has 1 atom stereocenters. The van der Waals surface area contributed by atoms with Crippen LogP contribution in [0.1, 0.15) is 62.9 Å². The Balaban J connectivity index is 1.52. The predicted octanol–water partition coefficient (Wildman–Crippen LogP) is 2.60. The third-order valence-corrected chi connectivity index (χ3v) is 5.62. The molecule has 8 heteroatoms. The van der Waals surface area contributed by atoms with Crippen LogP contribution in [0.3, 0.4) is 0 Å². The average Bonchev–Trinajstić information content (AvgIpc) is 2.74. The zero-order valence-electron chi connectivity index (χ0n) is 16.9. The fourth-order valence-electron chi connectivity index (χ4n) is 3.99. The molecule has 3 rings (SSSR count). The number of nitrogens with one attached hydrogen (secondary N) is 1. The largest absolute Gasteiger partial charge is 0.450 e. The molecule has 1 unspecified atom stereocenters. The van der Waals surface area contributed by atoms with Crippen molar-refractivity contribution in [3.8, 4) is 0 Å². The molecule has 2 aliphatic rings. The highest BCUT2D eigenvalue weighted by Gasteiger charge is 2.26. The number of hydrogen-bond acceptors (Lipinski definition) is 6. The summed E-state index contributed by atoms with van der Waals surface area (Å²) in [6.45, 7) is 6.54. The number of ether oxygens (including phenoxy) is 1. The lowest BCUT2D eigenvalue weighted by Gasteiger charge is -2.36. The van der Waals surface area contributed by atoms with Gasteiger partial charge in [-0.05, 0) is 45.4 Å². The van der Waals surface area contributed by atoms with Gasteiger partial charge in [-0.25, -0.2) is 14.8 Å². The van der Waals surface area contributed by atoms with Gasteiger partial charge in [0.05, 0.1) is 19.0 Å². The number of aromatic nitrogens is 2. The van der Waals surface area contributed by atoms with Crippen molar-refractivity contribution >= 4 is 17.8 Å². The van der Waals surface area contributed by atoms with Crippen LogP contribution in [0.5, 0.6) is 0 Å². The van der Waals surface area contributed by atoms with Gasteiger partial charge < -0.3 is 19.9 Å². The van der Waals surface area contributed by atoms with E-state index in [1.807, 2.05) is 0 Å². The second-order valence-electron chi connectivity index (χ2n) is 7.44. The van der Waals surface area contributed by atoms with Crippen molar-refractivity contribution in [2.75, 3.05) is 31.1 Å². The minimum atomic E-state index is -0.281. The van der Waals surface area contributed by atoms with Crippen LogP contribution in [-0.2, 0) is 4.74 Å². The van der Waals surface area contributed by atoms with E-state index in [0.717, 1.165) is 18.8 Å². The molecular weight excluding hydrogens is 358 g/mol. The third kappa shape index (κ3) is 4.91. The Kier molecular flexibility index (Phi) is 7.06. The zero-order valence-corrected chi connectivity index (χ0v) is 16.9. The van der Waals surface area contributed by atoms with Crippen molar-refractivity contribution in [3.63, 3.8) is 0 Å². The third-order valence-electron chi connectivity index (χ3n) is 5.62. The number of anilines is 1. The van der Waals surface area contributed by atoms with Crippen LogP contribution >= 0.6 is 0 Å². The summed E-state index contributed by atoms with van der Waals surface area (Å²) in [6.07, 6.45) is 9.13. The van der Waals surface area contributed by atoms with Gasteiger partial charge in [0.1, 0.15) is 11.5 Å². The minimum absolute atomic E-state index is 0.0335. The molecule has 2 saturated heterocycles. The smallest absolute Gasteiger partial charge is 0.409 e. The molecule has 0 aliphatic carbocycles. The SMILES string of the molecule is CCOC(=O)N1CCC(NC(=O)c2cnc(N3CCCCC3CC)cn2)CC1. The number of piperidine rings is 2. The molecule has 28 heavy (non-hydrogen) atoms. The first-order valence-electron chi connectivity index (χ1n) is 10.4. The van der Waals surface area contributed by atoms with Gasteiger partial charge in [-0.2, -0.15) is 0 Å². The van der Waals surface area contributed by atoms with Gasteiger partial charge in [-0.1, -0.05) is 6.92 Å². The topological polar surface area (TPSA) is 87.7 Å². The van der Waals surface area contributed by atoms with Gasteiger partial charge >= 0.3 is 6.09 Å². The van der Waals surface area contributed by atoms with Gasteiger partial charge in [0.25, 0.3) is 5.91 Å². The monoisotopic (exact) mass is 389 g/mol. The number of carbonyl (C=O) groups is 2. The molecule has 1 aromatic rings. The fourth-order valence-corrected chi connectivity index (χ4v) is 3.99. The Hall–Kier alpha value is -2.38. The van der Waals surface area contributed by atoms with Crippen molar-refractivity contribution in [2.45, 2.75) is 64.5 Å². The van der Waals surface area contributed by atoms with Gasteiger partial charge in [-0.15, -0.1) is 0 Å². The molecule has 0 spiro atoms. The molecule has 1 N–H and O–H groups in total. The Morgan fingerprint density at radius 1 is 1.11 bits per heavy atom. The summed E-state index contributed by atoms with van der Waals surface area (Å²) in [7, 11) is 0. The number of likely N-dealkylation sites (tertiary alicyclic amines) is 1. The lowest BCUT2D eigenvalue weighted by Crippen LogP contribution is -2.46. The average molecular weight is 390 g/mol. The first kappa shape index (κ1) is 20.4. The molecule has 2 fully saturated rings. The van der Waals surface area contributed by atoms with E-state index in [1.165, 1.54) is 19.3 Å². The van der Waals surface area contributed by atoms with Crippen molar-refractivity contribution in [2.24, 2.45) is 0 Å². The number of carbonyl (C=O) groups excluding carboxylic acids is 2. The summed E-state index contributed by atoms with van der Waals surface area (Å²) in [5.41, 5.74) is 0.335. The summed E-state index contributed by atoms with van der Waals surface area (Å²) in [6, 6.07) is 0.540. The van der Waals surface area contributed by atoms with E-state index < -0.39 is 0 Å². The number of hydrogen-bond donors (Lipinski definition) is 1. The normalized spacial score (nSPS) is 20.7. The van der Waals surface area contributed by atoms with Gasteiger partial charge in [0.15, 0.2) is 0 Å². The number of rotatable bonds is 5. The van der Waals surface area contributed by atoms with Crippen LogP contribution in [0.2, 0.25) is 0 Å². The lowest BCUT2D eigenvalue weighted by molar-refractivity contribution is 0.0856. The van der Waals surface area contributed by atoms with E-state index in [-0.39, 0.29) is 18.0 Å². The molecule has 0 bridgehead atoms. The Labute approximate surface area is 166 Å². The van der Waals surface area contributed by atoms with Gasteiger partial charge in [-0.3, -0.25) is 4.79 Å². The van der Waals surface area contributed by atoms with Crippen molar-refractivity contribution in [3.05, 3.63) is 18.1 Å². The summed E-state index contributed by atoms with van der Waals surface area (Å²) in [5, 5.41) is 3.01. The maximum atomic E-state index is 12.5. The van der Waals surface area contributed by atoms with E-state index >= 15 is 0 Å². The van der Waals surface area contributed by atoms with Crippen molar-refractivity contribution in [1.29, 1.82) is 0 Å². The minimum Gasteiger partial charge on any atom is -0.450 e. The quantitative estimate of drug-likeness (QED) is 0.833. The predicted molar refractivity (Wildman–Crippen MR) is 106 cm³/mol. The number of nitrogens with zero attached hydrogens (tertiary/aromatic N) is 4. The van der Waals surface area contributed by atoms with Crippen LogP contribution in [0, 0.1) is 0 Å². The molecule has 3 heterocycles. The van der Waals surface area contributed by atoms with Crippen LogP contribution in [0.15, 0.2) is 12.4 Å². The van der Waals surface area contributed by atoms with Crippen molar-refractivity contribution in [1.82, 2.24) is 20.2 Å². The Bertz CT molecular complexity index is 658. The number of amides is 2. The van der Waals surface area contributed by atoms with E-state index in [2.05, 4.69) is 27.1 Å². The van der Waals surface area contributed by atoms with Crippen molar-refractivity contribution < 1.29 is 14.3 Å². The van der Waals surface area contributed by atoms with Crippen LogP contribution in [-0.4, -0.2) is 65.2 Å². The molecule has 8 nitrogen and oxygen atoms in total. The summed E-state index contributed by atoms with van der Waals surface area (Å²) in [5.74, 6) is 0.644. The van der Waals surface area contributed by atoms with Gasteiger partial charge in [0.2, 0.25) is 0 Å². The molecule has 0 radical (unpaired) electrons. The molecule has 2 aliphatic heterocycles. The Morgan fingerprint density at radius 2 is 1.89 bits per heavy atom. The van der Waals surface area contributed by atoms with E-state index in [0.29, 0.717) is 44.3 Å². The fraction of sp³-hybridized carbons (Fsp3) is 0.700. The molecule has 1 aromatic heterocycles. The Morgan fingerprint density at radius 3 is 2.54 bits per heavy atom. The maximum absolute atomic E-state index is 12.5. The van der Waals surface area contributed by atoms with E-state index in [4.69, 9.17) is 4.74 Å². The first-order chi connectivity index (χ1) is 13.6. The lowest BCUT2D eigenvalue weighted by atomic mass is 10.0. The molecule has 154 valence electrons. The molecule has 0 saturated carbocycles. The standard InChI is InChI=1S/C20H31N5O3/c1-3-16-7-5-6-10-25(16)18-14-21-17(13-22-18)19(26)23-15-8-11-24(12-9-15)20(27)28-4-2/h13-16H,3-12H2,1-2H3,(H,23,26). The van der Waals surface area contributed by atoms with Crippen LogP contribution < -0.4 is 10.2 Å².